The number of azide groups is 1. The van der Waals surface area contributed by atoms with Gasteiger partial charge in [-0.2, -0.15) is 0 Å². The van der Waals surface area contributed by atoms with Crippen molar-refractivity contribution in [1.82, 2.24) is 0 Å². The number of carbonyl (C=O) groups is 1. The van der Waals surface area contributed by atoms with Crippen LogP contribution >= 0.6 is 0 Å². The van der Waals surface area contributed by atoms with E-state index in [0.29, 0.717) is 5.56 Å². The predicted molar refractivity (Wildman–Crippen MR) is 57.4 cm³/mol. The molecule has 4 heteroatoms. The highest BCUT2D eigenvalue weighted by atomic mass is 16.1. The molecule has 1 amide bonds. The minimum Gasteiger partial charge on any atom is -0.287 e. The number of hydrogen-bond donors (Lipinski definition) is 0. The van der Waals surface area contributed by atoms with Gasteiger partial charge in [0.05, 0.1) is 0 Å². The number of rotatable bonds is 1. The summed E-state index contributed by atoms with van der Waals surface area (Å²) < 4.78 is 0. The van der Waals surface area contributed by atoms with Gasteiger partial charge in [-0.25, -0.2) is 0 Å². The van der Waals surface area contributed by atoms with Crippen molar-refractivity contribution in [2.45, 2.75) is 0 Å². The van der Waals surface area contributed by atoms with Crippen LogP contribution in [0.3, 0.4) is 0 Å². The van der Waals surface area contributed by atoms with Gasteiger partial charge < -0.3 is 0 Å². The number of amides is 1. The van der Waals surface area contributed by atoms with Crippen LogP contribution in [0, 0.1) is 0 Å². The van der Waals surface area contributed by atoms with Crippen molar-refractivity contribution < 1.29 is 4.79 Å². The average Bonchev–Trinajstić information content (AvgIpc) is 2.29. The first-order valence-electron chi connectivity index (χ1n) is 4.39. The van der Waals surface area contributed by atoms with E-state index in [2.05, 4.69) is 10.0 Å². The minimum atomic E-state index is -0.553. The lowest BCUT2D eigenvalue weighted by molar-refractivity contribution is 0.100. The van der Waals surface area contributed by atoms with Crippen LogP contribution in [0.5, 0.6) is 0 Å². The Morgan fingerprint density at radius 1 is 1.13 bits per heavy atom. The quantitative estimate of drug-likeness (QED) is 0.393. The Kier molecular flexibility index (Phi) is 2.35. The lowest BCUT2D eigenvalue weighted by Gasteiger charge is -1.98. The van der Waals surface area contributed by atoms with E-state index in [0.717, 1.165) is 10.8 Å². The molecule has 2 rings (SSSR count). The van der Waals surface area contributed by atoms with Crippen LogP contribution in [0.4, 0.5) is 0 Å². The largest absolute Gasteiger partial charge is 0.287 e. The first-order chi connectivity index (χ1) is 7.31. The molecule has 0 saturated heterocycles. The van der Waals surface area contributed by atoms with Gasteiger partial charge in [-0.3, -0.25) is 4.79 Å². The molecule has 0 unspecified atom stereocenters. The molecule has 0 heterocycles. The van der Waals surface area contributed by atoms with Crippen molar-refractivity contribution in [1.29, 1.82) is 0 Å². The van der Waals surface area contributed by atoms with E-state index in [1.54, 1.807) is 12.1 Å². The van der Waals surface area contributed by atoms with E-state index in [-0.39, 0.29) is 0 Å². The molecular formula is C11H7N3O. The van der Waals surface area contributed by atoms with Crippen molar-refractivity contribution in [2.75, 3.05) is 0 Å². The van der Waals surface area contributed by atoms with E-state index in [1.807, 2.05) is 30.3 Å². The molecule has 0 aromatic heterocycles. The molecule has 0 bridgehead atoms. The zero-order valence-electron chi connectivity index (χ0n) is 7.79. The van der Waals surface area contributed by atoms with E-state index in [4.69, 9.17) is 5.53 Å². The SMILES string of the molecule is [N-]=[N+]=NC(=O)c1ccc2ccccc2c1. The maximum Gasteiger partial charge on any atom is 0.249 e. The highest BCUT2D eigenvalue weighted by molar-refractivity contribution is 5.99. The number of carbonyl (C=O) groups excluding carboxylic acids is 1. The third-order valence-electron chi connectivity index (χ3n) is 2.13. The van der Waals surface area contributed by atoms with Gasteiger partial charge in [0.1, 0.15) is 0 Å². The molecule has 4 nitrogen and oxygen atoms in total. The van der Waals surface area contributed by atoms with Crippen LogP contribution in [0.1, 0.15) is 10.4 Å². The molecule has 0 aliphatic rings. The molecule has 0 fully saturated rings. The van der Waals surface area contributed by atoms with Gasteiger partial charge >= 0.3 is 0 Å². The van der Waals surface area contributed by atoms with Crippen LogP contribution < -0.4 is 0 Å². The zero-order chi connectivity index (χ0) is 10.7. The van der Waals surface area contributed by atoms with Crippen LogP contribution in [0.15, 0.2) is 47.6 Å². The van der Waals surface area contributed by atoms with Gasteiger partial charge in [-0.1, -0.05) is 36.4 Å². The Bertz CT molecular complexity index is 571. The molecule has 0 spiro atoms. The molecule has 2 aromatic carbocycles. The first kappa shape index (κ1) is 9.24. The van der Waals surface area contributed by atoms with Gasteiger partial charge in [-0.05, 0) is 27.5 Å². The summed E-state index contributed by atoms with van der Waals surface area (Å²) in [6.45, 7) is 0. The van der Waals surface area contributed by atoms with Crippen molar-refractivity contribution >= 4 is 16.7 Å². The lowest BCUT2D eigenvalue weighted by atomic mass is 10.1. The molecule has 0 atom stereocenters. The Hall–Kier alpha value is -2.32. The minimum absolute atomic E-state index is 0.409. The molecular weight excluding hydrogens is 190 g/mol. The van der Waals surface area contributed by atoms with Crippen LogP contribution in [0.2, 0.25) is 0 Å². The lowest BCUT2D eigenvalue weighted by Crippen LogP contribution is -1.92. The smallest absolute Gasteiger partial charge is 0.249 e. The highest BCUT2D eigenvalue weighted by Gasteiger charge is 2.02. The van der Waals surface area contributed by atoms with Crippen LogP contribution in [0.25, 0.3) is 21.2 Å². The Morgan fingerprint density at radius 2 is 1.87 bits per heavy atom. The molecule has 72 valence electrons. The fraction of sp³-hybridized carbons (Fsp3) is 0. The normalized spacial score (nSPS) is 9.60. The molecule has 0 N–H and O–H groups in total. The highest BCUT2D eigenvalue weighted by Crippen LogP contribution is 2.16. The van der Waals surface area contributed by atoms with Gasteiger partial charge in [0.2, 0.25) is 5.91 Å². The fourth-order valence-corrected chi connectivity index (χ4v) is 1.42. The van der Waals surface area contributed by atoms with Crippen molar-refractivity contribution in [2.24, 2.45) is 5.11 Å². The van der Waals surface area contributed by atoms with Gasteiger partial charge in [0.15, 0.2) is 0 Å². The van der Waals surface area contributed by atoms with E-state index >= 15 is 0 Å². The molecule has 0 radical (unpaired) electrons. The molecule has 0 saturated carbocycles. The third-order valence-corrected chi connectivity index (χ3v) is 2.13. The topological polar surface area (TPSA) is 65.8 Å². The summed E-state index contributed by atoms with van der Waals surface area (Å²) in [7, 11) is 0. The Balaban J connectivity index is 2.56. The fourth-order valence-electron chi connectivity index (χ4n) is 1.42. The number of benzene rings is 2. The van der Waals surface area contributed by atoms with Crippen LogP contribution in [-0.4, -0.2) is 5.91 Å². The summed E-state index contributed by atoms with van der Waals surface area (Å²) in [5, 5.41) is 5.05. The molecule has 2 aromatic rings. The predicted octanol–water partition coefficient (Wildman–Crippen LogP) is 3.29. The second-order valence-corrected chi connectivity index (χ2v) is 3.06. The summed E-state index contributed by atoms with van der Waals surface area (Å²) in [6.07, 6.45) is 0. The maximum absolute atomic E-state index is 11.3. The zero-order valence-corrected chi connectivity index (χ0v) is 7.79. The monoisotopic (exact) mass is 197 g/mol. The molecule has 0 aliphatic heterocycles. The second-order valence-electron chi connectivity index (χ2n) is 3.06. The van der Waals surface area contributed by atoms with Crippen molar-refractivity contribution in [3.8, 4) is 0 Å². The van der Waals surface area contributed by atoms with E-state index in [1.165, 1.54) is 0 Å². The summed E-state index contributed by atoms with van der Waals surface area (Å²) in [5.74, 6) is -0.553. The number of hydrogen-bond acceptors (Lipinski definition) is 1. The number of nitrogens with zero attached hydrogens (tertiary/aromatic N) is 3. The van der Waals surface area contributed by atoms with Gasteiger partial charge in [0, 0.05) is 10.5 Å². The Morgan fingerprint density at radius 3 is 2.60 bits per heavy atom. The molecule has 15 heavy (non-hydrogen) atoms. The average molecular weight is 197 g/mol. The first-order valence-corrected chi connectivity index (χ1v) is 4.39. The van der Waals surface area contributed by atoms with E-state index in [9.17, 15) is 4.79 Å². The summed E-state index contributed by atoms with van der Waals surface area (Å²) in [6, 6.07) is 12.9. The summed E-state index contributed by atoms with van der Waals surface area (Å²) >= 11 is 0. The van der Waals surface area contributed by atoms with Crippen LogP contribution in [-0.2, 0) is 0 Å². The summed E-state index contributed by atoms with van der Waals surface area (Å²) in [5.41, 5.74) is 8.56. The van der Waals surface area contributed by atoms with Gasteiger partial charge in [-0.15, -0.1) is 0 Å². The third kappa shape index (κ3) is 1.80. The number of fused-ring (bicyclic) bond motifs is 1. The van der Waals surface area contributed by atoms with Crippen molar-refractivity contribution in [3.05, 3.63) is 58.5 Å². The van der Waals surface area contributed by atoms with Gasteiger partial charge in [0.25, 0.3) is 0 Å². The van der Waals surface area contributed by atoms with Crippen molar-refractivity contribution in [3.63, 3.8) is 0 Å². The molecule has 0 aliphatic carbocycles. The Labute approximate surface area is 85.8 Å². The van der Waals surface area contributed by atoms with E-state index < -0.39 is 5.91 Å². The maximum atomic E-state index is 11.3. The summed E-state index contributed by atoms with van der Waals surface area (Å²) in [4.78, 5) is 13.7. The second kappa shape index (κ2) is 3.82. The standard InChI is InChI=1S/C11H7N3O/c12-14-13-11(15)10-6-5-8-3-1-2-4-9(8)7-10/h1-7H.